The Balaban J connectivity index is 1.94. The van der Waals surface area contributed by atoms with Crippen LogP contribution in [0.3, 0.4) is 0 Å². The zero-order chi connectivity index (χ0) is 20.3. The van der Waals surface area contributed by atoms with E-state index in [0.29, 0.717) is 12.1 Å². The van der Waals surface area contributed by atoms with Crippen molar-refractivity contribution in [1.82, 2.24) is 4.98 Å². The van der Waals surface area contributed by atoms with Crippen molar-refractivity contribution in [2.75, 3.05) is 4.90 Å². The molecule has 0 fully saturated rings. The average Bonchev–Trinajstić information content (AvgIpc) is 2.66. The molecule has 0 radical (unpaired) electrons. The quantitative estimate of drug-likeness (QED) is 0.520. The van der Waals surface area contributed by atoms with Crippen LogP contribution in [0.2, 0.25) is 5.02 Å². The summed E-state index contributed by atoms with van der Waals surface area (Å²) in [4.78, 5) is 27.1. The average molecular weight is 398 g/mol. The van der Waals surface area contributed by atoms with Crippen molar-refractivity contribution < 1.29 is 14.8 Å². The van der Waals surface area contributed by atoms with Crippen molar-refractivity contribution in [3.63, 3.8) is 0 Å². The Morgan fingerprint density at radius 3 is 2.29 bits per heavy atom. The van der Waals surface area contributed by atoms with Crippen molar-refractivity contribution in [2.24, 2.45) is 5.73 Å². The summed E-state index contributed by atoms with van der Waals surface area (Å²) in [6, 6.07) is 11.6. The standard InChI is InChI=1S/C19H15ClN4O4/c20-15-10-17(18(25)11-16(15)24(27)28)23(19(21)26)14-3-1-12(2-4-14)9-13-5-7-22-8-6-13/h1-8,10-11,25H,9H2,(H2,21,26)/p-1. The summed E-state index contributed by atoms with van der Waals surface area (Å²) in [5.74, 6) is -0.740. The minimum atomic E-state index is -0.913. The number of pyridine rings is 1. The number of halogens is 1. The molecule has 1 heterocycles. The Morgan fingerprint density at radius 1 is 1.11 bits per heavy atom. The number of nitrogens with two attached hydrogens (primary N) is 1. The van der Waals surface area contributed by atoms with Gasteiger partial charge in [0.15, 0.2) is 0 Å². The Bertz CT molecular complexity index is 1030. The normalized spacial score (nSPS) is 10.5. The molecule has 142 valence electrons. The Morgan fingerprint density at radius 2 is 1.71 bits per heavy atom. The first-order chi connectivity index (χ1) is 13.4. The van der Waals surface area contributed by atoms with Crippen molar-refractivity contribution in [3.8, 4) is 5.75 Å². The van der Waals surface area contributed by atoms with E-state index in [2.05, 4.69) is 4.98 Å². The number of urea groups is 1. The van der Waals surface area contributed by atoms with Gasteiger partial charge in [-0.05, 0) is 47.9 Å². The van der Waals surface area contributed by atoms with E-state index in [9.17, 15) is 20.0 Å². The fourth-order valence-corrected chi connectivity index (χ4v) is 2.96. The number of hydrogen-bond donors (Lipinski definition) is 1. The number of amides is 2. The van der Waals surface area contributed by atoms with Crippen LogP contribution in [0.25, 0.3) is 0 Å². The van der Waals surface area contributed by atoms with Crippen LogP contribution >= 0.6 is 11.6 Å². The number of nitro groups is 1. The van der Waals surface area contributed by atoms with Crippen LogP contribution in [-0.2, 0) is 6.42 Å². The highest BCUT2D eigenvalue weighted by atomic mass is 35.5. The molecule has 0 saturated carbocycles. The Kier molecular flexibility index (Phi) is 5.42. The van der Waals surface area contributed by atoms with Gasteiger partial charge in [0.25, 0.3) is 5.69 Å². The monoisotopic (exact) mass is 397 g/mol. The maximum absolute atomic E-state index is 12.3. The lowest BCUT2D eigenvalue weighted by molar-refractivity contribution is -0.385. The zero-order valence-electron chi connectivity index (χ0n) is 14.4. The lowest BCUT2D eigenvalue weighted by atomic mass is 10.1. The molecule has 0 bridgehead atoms. The third kappa shape index (κ3) is 4.02. The molecule has 8 nitrogen and oxygen atoms in total. The molecule has 9 heteroatoms. The topological polar surface area (TPSA) is 125 Å². The molecule has 0 saturated heterocycles. The lowest BCUT2D eigenvalue weighted by Gasteiger charge is -2.26. The van der Waals surface area contributed by atoms with Crippen LogP contribution < -0.4 is 15.7 Å². The number of nitro benzene ring substituents is 1. The second kappa shape index (κ2) is 7.93. The number of nitrogens with zero attached hydrogens (tertiary/aromatic N) is 3. The van der Waals surface area contributed by atoms with Crippen LogP contribution in [0.1, 0.15) is 11.1 Å². The summed E-state index contributed by atoms with van der Waals surface area (Å²) in [5.41, 5.74) is 7.13. The van der Waals surface area contributed by atoms with Crippen LogP contribution in [0.4, 0.5) is 21.9 Å². The molecule has 2 aromatic carbocycles. The second-order valence-electron chi connectivity index (χ2n) is 5.90. The second-order valence-corrected chi connectivity index (χ2v) is 6.31. The first-order valence-electron chi connectivity index (χ1n) is 8.09. The van der Waals surface area contributed by atoms with Crippen molar-refractivity contribution in [2.45, 2.75) is 6.42 Å². The van der Waals surface area contributed by atoms with Crippen LogP contribution in [0, 0.1) is 10.1 Å². The minimum Gasteiger partial charge on any atom is -0.871 e. The third-order valence-electron chi connectivity index (χ3n) is 4.04. The highest BCUT2D eigenvalue weighted by molar-refractivity contribution is 6.33. The van der Waals surface area contributed by atoms with Gasteiger partial charge in [-0.1, -0.05) is 29.5 Å². The maximum atomic E-state index is 12.3. The Hall–Kier alpha value is -3.65. The molecule has 28 heavy (non-hydrogen) atoms. The predicted molar refractivity (Wildman–Crippen MR) is 103 cm³/mol. The molecule has 0 spiro atoms. The fourth-order valence-electron chi connectivity index (χ4n) is 2.73. The number of anilines is 2. The van der Waals surface area contributed by atoms with E-state index in [0.717, 1.165) is 28.2 Å². The zero-order valence-corrected chi connectivity index (χ0v) is 15.2. The molecule has 2 amide bonds. The molecular formula is C19H14ClN4O4-. The van der Waals surface area contributed by atoms with Crippen LogP contribution in [0.15, 0.2) is 60.9 Å². The number of primary amides is 1. The van der Waals surface area contributed by atoms with Crippen LogP contribution in [-0.4, -0.2) is 15.9 Å². The Labute approximate surface area is 165 Å². The molecule has 1 aromatic heterocycles. The summed E-state index contributed by atoms with van der Waals surface area (Å²) >= 11 is 5.88. The van der Waals surface area contributed by atoms with Crippen molar-refractivity contribution in [1.29, 1.82) is 0 Å². The van der Waals surface area contributed by atoms with Gasteiger partial charge in [0, 0.05) is 24.1 Å². The van der Waals surface area contributed by atoms with E-state index >= 15 is 0 Å². The number of hydrogen-bond acceptors (Lipinski definition) is 5. The van der Waals surface area contributed by atoms with Gasteiger partial charge in [-0.15, -0.1) is 0 Å². The molecule has 0 aliphatic carbocycles. The number of benzene rings is 2. The number of carbonyl (C=O) groups excluding carboxylic acids is 1. The predicted octanol–water partition coefficient (Wildman–Crippen LogP) is 3.52. The van der Waals surface area contributed by atoms with E-state index in [4.69, 9.17) is 17.3 Å². The number of aromatic nitrogens is 1. The van der Waals surface area contributed by atoms with E-state index in [1.54, 1.807) is 36.7 Å². The van der Waals surface area contributed by atoms with Gasteiger partial charge < -0.3 is 10.8 Å². The third-order valence-corrected chi connectivity index (χ3v) is 4.34. The minimum absolute atomic E-state index is 0.162. The van der Waals surface area contributed by atoms with Crippen molar-refractivity contribution >= 4 is 34.7 Å². The van der Waals surface area contributed by atoms with Gasteiger partial charge in [-0.2, -0.15) is 0 Å². The number of carbonyl (C=O) groups is 1. The smallest absolute Gasteiger partial charge is 0.323 e. The molecule has 3 rings (SSSR count). The highest BCUT2D eigenvalue weighted by Gasteiger charge is 2.20. The van der Waals surface area contributed by atoms with Crippen LogP contribution in [0.5, 0.6) is 5.75 Å². The summed E-state index contributed by atoms with van der Waals surface area (Å²) in [7, 11) is 0. The number of rotatable bonds is 5. The largest absolute Gasteiger partial charge is 0.871 e. The molecule has 0 aliphatic rings. The first kappa shape index (κ1) is 19.1. The summed E-state index contributed by atoms with van der Waals surface area (Å²) < 4.78 is 0. The first-order valence-corrected chi connectivity index (χ1v) is 8.47. The molecule has 2 N–H and O–H groups in total. The SMILES string of the molecule is NC(=O)N(c1ccc(Cc2ccncc2)cc1)c1cc(Cl)c([N+](=O)[O-])cc1[O-]. The molecule has 0 unspecified atom stereocenters. The van der Waals surface area contributed by atoms with E-state index in [1.165, 1.54) is 0 Å². The summed E-state index contributed by atoms with van der Waals surface area (Å²) in [5, 5.41) is 23.0. The van der Waals surface area contributed by atoms with Gasteiger partial charge in [0.05, 0.1) is 10.6 Å². The van der Waals surface area contributed by atoms with Gasteiger partial charge in [0.1, 0.15) is 5.02 Å². The fraction of sp³-hybridized carbons (Fsp3) is 0.0526. The maximum Gasteiger partial charge on any atom is 0.323 e. The van der Waals surface area contributed by atoms with E-state index in [-0.39, 0.29) is 10.7 Å². The molecule has 0 atom stereocenters. The van der Waals surface area contributed by atoms with E-state index < -0.39 is 22.4 Å². The molecule has 0 aliphatic heterocycles. The summed E-state index contributed by atoms with van der Waals surface area (Å²) in [6.07, 6.45) is 4.06. The van der Waals surface area contributed by atoms with Gasteiger partial charge in [-0.25, -0.2) is 4.79 Å². The van der Waals surface area contributed by atoms with Gasteiger partial charge in [-0.3, -0.25) is 20.0 Å². The van der Waals surface area contributed by atoms with Gasteiger partial charge >= 0.3 is 6.03 Å². The molecular weight excluding hydrogens is 384 g/mol. The molecule has 3 aromatic rings. The van der Waals surface area contributed by atoms with E-state index in [1.807, 2.05) is 12.1 Å². The lowest BCUT2D eigenvalue weighted by Crippen LogP contribution is -2.32. The van der Waals surface area contributed by atoms with Crippen molar-refractivity contribution in [3.05, 3.63) is 87.2 Å². The highest BCUT2D eigenvalue weighted by Crippen LogP contribution is 2.38. The summed E-state index contributed by atoms with van der Waals surface area (Å²) in [6.45, 7) is 0. The van der Waals surface area contributed by atoms with Gasteiger partial charge in [0.2, 0.25) is 0 Å².